The predicted molar refractivity (Wildman–Crippen MR) is 59.2 cm³/mol. The maximum atomic E-state index is 12.0. The minimum atomic E-state index is -2.76. The van der Waals surface area contributed by atoms with E-state index < -0.39 is 13.2 Å². The van der Waals surface area contributed by atoms with Crippen molar-refractivity contribution in [2.75, 3.05) is 26.2 Å². The van der Waals surface area contributed by atoms with E-state index in [1.54, 1.807) is 0 Å². The summed E-state index contributed by atoms with van der Waals surface area (Å²) in [6, 6.07) is 0.0673. The lowest BCUT2D eigenvalue weighted by Gasteiger charge is -2.45. The highest BCUT2D eigenvalue weighted by Gasteiger charge is 2.37. The molecule has 1 aliphatic carbocycles. The molecule has 2 aliphatic rings. The topological polar surface area (TPSA) is 33.7 Å². The summed E-state index contributed by atoms with van der Waals surface area (Å²) in [5.74, 6) is 0. The van der Waals surface area contributed by atoms with Crippen molar-refractivity contribution in [3.63, 3.8) is 0 Å². The third kappa shape index (κ3) is 4.55. The second-order valence-electron chi connectivity index (χ2n) is 4.88. The molecule has 0 radical (unpaired) electrons. The Labute approximate surface area is 109 Å². The van der Waals surface area contributed by atoms with Gasteiger partial charge in [0.2, 0.25) is 0 Å². The van der Waals surface area contributed by atoms with Gasteiger partial charge in [-0.3, -0.25) is 4.90 Å². The molecule has 2 rings (SSSR count). The molecule has 1 heterocycles. The fourth-order valence-corrected chi connectivity index (χ4v) is 2.58. The van der Waals surface area contributed by atoms with Gasteiger partial charge >= 0.3 is 13.2 Å². The van der Waals surface area contributed by atoms with Crippen molar-refractivity contribution in [2.24, 2.45) is 0 Å². The molecular formula is C11H18F4N2O2. The van der Waals surface area contributed by atoms with Crippen molar-refractivity contribution in [1.29, 1.82) is 0 Å². The number of halogens is 4. The summed E-state index contributed by atoms with van der Waals surface area (Å²) in [5.41, 5.74) is 0. The van der Waals surface area contributed by atoms with Gasteiger partial charge in [0, 0.05) is 31.7 Å². The zero-order valence-corrected chi connectivity index (χ0v) is 10.4. The Morgan fingerprint density at radius 2 is 1.89 bits per heavy atom. The summed E-state index contributed by atoms with van der Waals surface area (Å²) in [7, 11) is 0. The zero-order valence-electron chi connectivity index (χ0n) is 10.4. The molecule has 1 saturated carbocycles. The van der Waals surface area contributed by atoms with Crippen LogP contribution in [0.3, 0.4) is 0 Å². The van der Waals surface area contributed by atoms with E-state index in [-0.39, 0.29) is 24.8 Å². The summed E-state index contributed by atoms with van der Waals surface area (Å²) < 4.78 is 56.6. The maximum Gasteiger partial charge on any atom is 0.345 e. The smallest absolute Gasteiger partial charge is 0.321 e. The second-order valence-corrected chi connectivity index (χ2v) is 4.88. The lowest BCUT2D eigenvalue weighted by atomic mass is 9.87. The van der Waals surface area contributed by atoms with Gasteiger partial charge in [-0.05, 0) is 12.8 Å². The van der Waals surface area contributed by atoms with Gasteiger partial charge in [-0.1, -0.05) is 0 Å². The molecule has 112 valence electrons. The minimum Gasteiger partial charge on any atom is -0.321 e. The first kappa shape index (κ1) is 15.0. The monoisotopic (exact) mass is 286 g/mol. The molecule has 0 aromatic carbocycles. The van der Waals surface area contributed by atoms with Gasteiger partial charge < -0.3 is 14.8 Å². The van der Waals surface area contributed by atoms with Crippen LogP contribution in [0.4, 0.5) is 17.6 Å². The lowest BCUT2D eigenvalue weighted by molar-refractivity contribution is -0.195. The predicted octanol–water partition coefficient (Wildman–Crippen LogP) is 1.27. The van der Waals surface area contributed by atoms with Crippen LogP contribution in [0.2, 0.25) is 0 Å². The molecule has 0 amide bonds. The normalized spacial score (nSPS) is 32.8. The Kier molecular flexibility index (Phi) is 5.37. The molecule has 0 aromatic heterocycles. The molecule has 8 heteroatoms. The van der Waals surface area contributed by atoms with E-state index in [0.29, 0.717) is 25.9 Å². The Hall–Kier alpha value is -0.440. The second kappa shape index (κ2) is 6.83. The number of nitrogens with one attached hydrogen (secondary N) is 1. The first-order chi connectivity index (χ1) is 9.04. The molecule has 1 aliphatic heterocycles. The highest BCUT2D eigenvalue weighted by atomic mass is 19.3. The lowest BCUT2D eigenvalue weighted by Crippen LogP contribution is -2.59. The molecule has 2 fully saturated rings. The molecular weight excluding hydrogens is 268 g/mol. The minimum absolute atomic E-state index is 0.0438. The SMILES string of the molecule is FC(F)OC[C@@H]1CN(C2CC(OC(F)F)C2)CCN1. The molecule has 0 unspecified atom stereocenters. The largest absolute Gasteiger partial charge is 0.345 e. The van der Waals surface area contributed by atoms with Crippen molar-refractivity contribution in [3.8, 4) is 0 Å². The Morgan fingerprint density at radius 1 is 1.16 bits per heavy atom. The summed E-state index contributed by atoms with van der Waals surface area (Å²) in [6.45, 7) is -3.45. The van der Waals surface area contributed by atoms with E-state index in [1.165, 1.54) is 0 Å². The van der Waals surface area contributed by atoms with Crippen LogP contribution < -0.4 is 5.32 Å². The first-order valence-electron chi connectivity index (χ1n) is 6.35. The summed E-state index contributed by atoms with van der Waals surface area (Å²) >= 11 is 0. The highest BCUT2D eigenvalue weighted by Crippen LogP contribution is 2.30. The maximum absolute atomic E-state index is 12.0. The quantitative estimate of drug-likeness (QED) is 0.746. The van der Waals surface area contributed by atoms with E-state index in [4.69, 9.17) is 0 Å². The van der Waals surface area contributed by atoms with Gasteiger partial charge in [0.15, 0.2) is 0 Å². The summed E-state index contributed by atoms with van der Waals surface area (Å²) in [4.78, 5) is 2.13. The molecule has 0 aromatic rings. The number of rotatable bonds is 6. The molecule has 1 N–H and O–H groups in total. The van der Waals surface area contributed by atoms with E-state index in [2.05, 4.69) is 19.7 Å². The number of hydrogen-bond donors (Lipinski definition) is 1. The van der Waals surface area contributed by atoms with E-state index in [1.807, 2.05) is 0 Å². The van der Waals surface area contributed by atoms with Crippen molar-refractivity contribution >= 4 is 0 Å². The van der Waals surface area contributed by atoms with Crippen LogP contribution in [-0.2, 0) is 9.47 Å². The van der Waals surface area contributed by atoms with Crippen molar-refractivity contribution in [1.82, 2.24) is 10.2 Å². The summed E-state index contributed by atoms with van der Waals surface area (Å²) in [5, 5.41) is 3.10. The van der Waals surface area contributed by atoms with Crippen LogP contribution in [0.15, 0.2) is 0 Å². The highest BCUT2D eigenvalue weighted by molar-refractivity contribution is 4.92. The zero-order chi connectivity index (χ0) is 13.8. The van der Waals surface area contributed by atoms with E-state index in [0.717, 1.165) is 6.54 Å². The summed E-state index contributed by atoms with van der Waals surface area (Å²) in [6.07, 6.45) is 0.773. The van der Waals surface area contributed by atoms with E-state index in [9.17, 15) is 17.6 Å². The first-order valence-corrected chi connectivity index (χ1v) is 6.35. The van der Waals surface area contributed by atoms with Crippen LogP contribution in [0.5, 0.6) is 0 Å². The van der Waals surface area contributed by atoms with Crippen molar-refractivity contribution in [3.05, 3.63) is 0 Å². The van der Waals surface area contributed by atoms with Crippen LogP contribution in [0.25, 0.3) is 0 Å². The standard InChI is InChI=1S/C11H18F4N2O2/c12-10(13)18-6-7-5-17(2-1-16-7)8-3-9(4-8)19-11(14)15/h7-11,16H,1-6H2/t7-,8?,9?/m0/s1. The van der Waals surface area contributed by atoms with Gasteiger partial charge in [-0.25, -0.2) is 0 Å². The van der Waals surface area contributed by atoms with Crippen molar-refractivity contribution < 1.29 is 27.0 Å². The van der Waals surface area contributed by atoms with Gasteiger partial charge in [0.25, 0.3) is 0 Å². The molecule has 0 bridgehead atoms. The molecule has 1 atom stereocenters. The molecule has 1 saturated heterocycles. The third-order valence-corrected chi connectivity index (χ3v) is 3.59. The van der Waals surface area contributed by atoms with Gasteiger partial charge in [0.05, 0.1) is 12.7 Å². The molecule has 19 heavy (non-hydrogen) atoms. The number of nitrogens with zero attached hydrogens (tertiary/aromatic N) is 1. The number of piperazine rings is 1. The van der Waals surface area contributed by atoms with Crippen LogP contribution in [0, 0.1) is 0 Å². The van der Waals surface area contributed by atoms with Gasteiger partial charge in [-0.2, -0.15) is 17.6 Å². The number of hydrogen-bond acceptors (Lipinski definition) is 4. The van der Waals surface area contributed by atoms with Gasteiger partial charge in [0.1, 0.15) is 0 Å². The van der Waals surface area contributed by atoms with Crippen LogP contribution in [0.1, 0.15) is 12.8 Å². The number of alkyl halides is 4. The number of ether oxygens (including phenoxy) is 2. The average Bonchev–Trinajstić information content (AvgIpc) is 2.31. The van der Waals surface area contributed by atoms with Gasteiger partial charge in [-0.15, -0.1) is 0 Å². The Bertz CT molecular complexity index is 277. The third-order valence-electron chi connectivity index (χ3n) is 3.59. The molecule has 0 spiro atoms. The fraction of sp³-hybridized carbons (Fsp3) is 1.00. The van der Waals surface area contributed by atoms with Crippen LogP contribution in [-0.4, -0.2) is 62.6 Å². The van der Waals surface area contributed by atoms with E-state index >= 15 is 0 Å². The molecule has 4 nitrogen and oxygen atoms in total. The van der Waals surface area contributed by atoms with Crippen LogP contribution >= 0.6 is 0 Å². The van der Waals surface area contributed by atoms with Crippen molar-refractivity contribution in [2.45, 2.75) is 44.3 Å². The fourth-order valence-electron chi connectivity index (χ4n) is 2.58. The average molecular weight is 286 g/mol. The Balaban J connectivity index is 1.67. The Morgan fingerprint density at radius 3 is 2.53 bits per heavy atom.